The molecule has 10 N–H and O–H groups in total. The summed E-state index contributed by atoms with van der Waals surface area (Å²) in [5.41, 5.74) is 5.17. The van der Waals surface area contributed by atoms with E-state index in [1.165, 1.54) is 21.8 Å². The lowest BCUT2D eigenvalue weighted by atomic mass is 10.1. The van der Waals surface area contributed by atoms with E-state index in [0.717, 1.165) is 6.33 Å². The Hall–Kier alpha value is -3.60. The van der Waals surface area contributed by atoms with Gasteiger partial charge in [0.1, 0.15) is 60.8 Å². The topological polar surface area (TPSA) is 402 Å². The summed E-state index contributed by atoms with van der Waals surface area (Å²) in [6.07, 6.45) is -12.1. The summed E-state index contributed by atoms with van der Waals surface area (Å²) >= 11 is 0. The third kappa shape index (κ3) is 7.50. The number of anilines is 2. The molecular weight excluding hydrogens is 774 g/mol. The molecule has 0 radical (unpaired) electrons. The van der Waals surface area contributed by atoms with E-state index in [4.69, 9.17) is 19.9 Å². The second-order valence-electron chi connectivity index (χ2n) is 12.3. The minimum atomic E-state index is -5.78. The van der Waals surface area contributed by atoms with Crippen LogP contribution in [0.3, 0.4) is 0 Å². The number of rotatable bonds is 13. The maximum Gasteiger partial charge on any atom is 0.280 e. The first-order valence-electron chi connectivity index (χ1n) is 15.8. The molecule has 13 atom stereocenters. The summed E-state index contributed by atoms with van der Waals surface area (Å²) in [6, 6.07) is 0. The molecule has 3 fully saturated rings. The van der Waals surface area contributed by atoms with Gasteiger partial charge in [-0.05, 0) is 0 Å². The highest BCUT2D eigenvalue weighted by molar-refractivity contribution is 7.59. The minimum Gasteiger partial charge on any atom is -0.756 e. The first-order chi connectivity index (χ1) is 25.6. The van der Waals surface area contributed by atoms with E-state index in [-0.39, 0.29) is 40.5 Å². The molecule has 7 rings (SSSR count). The van der Waals surface area contributed by atoms with Crippen molar-refractivity contribution in [3.05, 3.63) is 29.3 Å². The highest BCUT2D eigenvalue weighted by atomic mass is 31.3. The van der Waals surface area contributed by atoms with Crippen molar-refractivity contribution < 1.29 is 77.1 Å². The summed E-state index contributed by atoms with van der Waals surface area (Å²) in [5, 5.41) is 64.1. The van der Waals surface area contributed by atoms with Gasteiger partial charge in [-0.2, -0.15) is 4.98 Å². The van der Waals surface area contributed by atoms with Gasteiger partial charge in [0.15, 0.2) is 35.1 Å². The number of phosphoric acid groups is 2. The van der Waals surface area contributed by atoms with Crippen molar-refractivity contribution in [2.75, 3.05) is 30.9 Å². The van der Waals surface area contributed by atoms with Gasteiger partial charge in [-0.25, -0.2) is 24.2 Å². The normalized spacial score (nSPS) is 33.7. The molecule has 0 aliphatic carbocycles. The summed E-state index contributed by atoms with van der Waals surface area (Å²) < 4.78 is 57.2. The largest absolute Gasteiger partial charge is 0.756 e. The van der Waals surface area contributed by atoms with Crippen molar-refractivity contribution in [1.82, 2.24) is 39.0 Å². The lowest BCUT2D eigenvalue weighted by molar-refractivity contribution is -0.246. The van der Waals surface area contributed by atoms with Gasteiger partial charge in [0.2, 0.25) is 5.95 Å². The number of hydrogen-bond donors (Lipinski definition) is 9. The molecule has 0 amide bonds. The van der Waals surface area contributed by atoms with E-state index in [0.29, 0.717) is 0 Å². The number of aliphatic hydroxyl groups excluding tert-OH is 6. The molecule has 4 aromatic heterocycles. The van der Waals surface area contributed by atoms with E-state index in [2.05, 4.69) is 48.6 Å². The predicted molar refractivity (Wildman–Crippen MR) is 168 cm³/mol. The van der Waals surface area contributed by atoms with Crippen LogP contribution < -0.4 is 26.4 Å². The van der Waals surface area contributed by atoms with Crippen LogP contribution in [0.5, 0.6) is 0 Å². The monoisotopic (exact) mass is 806 g/mol. The molecule has 3 saturated heterocycles. The molecule has 0 spiro atoms. The Balaban J connectivity index is 0.934. The number of nitrogens with one attached hydrogen (secondary N) is 2. The van der Waals surface area contributed by atoms with Crippen molar-refractivity contribution in [3.63, 3.8) is 0 Å². The molecule has 29 heteroatoms. The fourth-order valence-corrected chi connectivity index (χ4v) is 8.06. The third-order valence-corrected chi connectivity index (χ3v) is 11.3. The van der Waals surface area contributed by atoms with E-state index in [1.807, 2.05) is 0 Å². The standard InChI is InChI=1S/C25H34N10O17P2/c26-19-13-20(28-5-27-19)35(7-29-13)24-18(41)16(39)11(51-24)4-48-54(45,46)52-53(43,44)47-3-10-15(38)17(40)23(50-10)33-25-31-21-14(22(42)32-25)30-6-34(21)12-1-8(37)9(2-36)49-12/h5-12,15-18,23-24,36-41H,1-4H2,(H,43,44)(H,45,46)(H2,26,27,28)(H2,31,32,33,42)/p-2/t8-,9+,10+,11+,12+,15+,16+,17+,18+,23?,24+/m0/s1. The van der Waals surface area contributed by atoms with Crippen LogP contribution in [0.4, 0.5) is 11.8 Å². The molecule has 3 unspecified atom stereocenters. The molecule has 4 aromatic rings. The Morgan fingerprint density at radius 2 is 1.52 bits per heavy atom. The van der Waals surface area contributed by atoms with Gasteiger partial charge in [-0.15, -0.1) is 0 Å². The number of fused-ring (bicyclic) bond motifs is 2. The lowest BCUT2D eigenvalue weighted by Crippen LogP contribution is -2.37. The molecule has 0 bridgehead atoms. The number of aromatic amines is 1. The van der Waals surface area contributed by atoms with Gasteiger partial charge in [-0.3, -0.25) is 28.0 Å². The van der Waals surface area contributed by atoms with Crippen LogP contribution in [0.25, 0.3) is 22.3 Å². The van der Waals surface area contributed by atoms with E-state index < -0.39 is 109 Å². The van der Waals surface area contributed by atoms with Crippen LogP contribution in [0.15, 0.2) is 23.8 Å². The molecule has 0 aromatic carbocycles. The fraction of sp³-hybridized carbons (Fsp3) is 0.600. The van der Waals surface area contributed by atoms with Crippen molar-refractivity contribution in [3.8, 4) is 0 Å². The second-order valence-corrected chi connectivity index (χ2v) is 15.2. The Kier molecular flexibility index (Phi) is 10.6. The molecule has 54 heavy (non-hydrogen) atoms. The minimum absolute atomic E-state index is 0.0174. The Labute approximate surface area is 300 Å². The zero-order valence-corrected chi connectivity index (χ0v) is 29.0. The number of nitrogen functional groups attached to an aromatic ring is 1. The van der Waals surface area contributed by atoms with E-state index in [9.17, 15) is 54.4 Å². The first-order valence-corrected chi connectivity index (χ1v) is 18.7. The van der Waals surface area contributed by atoms with Gasteiger partial charge in [0.05, 0.1) is 38.6 Å². The number of imidazole rings is 2. The van der Waals surface area contributed by atoms with Crippen LogP contribution in [0.2, 0.25) is 0 Å². The molecular formula is C25H32N10O17P2-2. The zero-order chi connectivity index (χ0) is 38.7. The molecule has 27 nitrogen and oxygen atoms in total. The van der Waals surface area contributed by atoms with Crippen LogP contribution in [0.1, 0.15) is 18.9 Å². The number of H-pyrrole nitrogens is 1. The summed E-state index contributed by atoms with van der Waals surface area (Å²) in [4.78, 5) is 60.0. The van der Waals surface area contributed by atoms with Gasteiger partial charge in [0, 0.05) is 6.42 Å². The Morgan fingerprint density at radius 1 is 0.870 bits per heavy atom. The van der Waals surface area contributed by atoms with Crippen molar-refractivity contribution >= 4 is 49.7 Å². The number of nitrogens with zero attached hydrogens (tertiary/aromatic N) is 7. The first kappa shape index (κ1) is 38.7. The average molecular weight is 807 g/mol. The van der Waals surface area contributed by atoms with Crippen LogP contribution in [-0.4, -0.2) is 145 Å². The average Bonchev–Trinajstić information content (AvgIpc) is 3.93. The van der Waals surface area contributed by atoms with Gasteiger partial charge >= 0.3 is 0 Å². The van der Waals surface area contributed by atoms with Gasteiger partial charge in [-0.1, -0.05) is 0 Å². The molecule has 0 saturated carbocycles. The highest BCUT2D eigenvalue weighted by Gasteiger charge is 2.46. The number of phosphoric ester groups is 2. The third-order valence-electron chi connectivity index (χ3n) is 8.76. The number of hydrogen-bond acceptors (Lipinski definition) is 24. The molecule has 3 aliphatic rings. The number of aliphatic hydroxyl groups is 6. The van der Waals surface area contributed by atoms with Crippen molar-refractivity contribution in [2.24, 2.45) is 0 Å². The second kappa shape index (κ2) is 14.8. The number of nitrogens with two attached hydrogens (primary N) is 1. The van der Waals surface area contributed by atoms with Crippen molar-refractivity contribution in [2.45, 2.75) is 73.9 Å². The lowest BCUT2D eigenvalue weighted by Gasteiger charge is -2.32. The maximum absolute atomic E-state index is 12.7. The van der Waals surface area contributed by atoms with E-state index in [1.54, 1.807) is 0 Å². The molecule has 7 heterocycles. The quantitative estimate of drug-likeness (QED) is 0.0569. The summed E-state index contributed by atoms with van der Waals surface area (Å²) in [6.45, 7) is -2.56. The smallest absolute Gasteiger partial charge is 0.280 e. The maximum atomic E-state index is 12.7. The fourth-order valence-electron chi connectivity index (χ4n) is 6.05. The number of ether oxygens (including phenoxy) is 3. The Morgan fingerprint density at radius 3 is 2.20 bits per heavy atom. The van der Waals surface area contributed by atoms with Gasteiger partial charge < -0.3 is 74.7 Å². The summed E-state index contributed by atoms with van der Waals surface area (Å²) in [7, 11) is -11.5. The van der Waals surface area contributed by atoms with E-state index >= 15 is 0 Å². The Bertz CT molecular complexity index is 2150. The summed E-state index contributed by atoms with van der Waals surface area (Å²) in [5.74, 6) is -0.272. The predicted octanol–water partition coefficient (Wildman–Crippen LogP) is -5.35. The number of aromatic nitrogens is 8. The van der Waals surface area contributed by atoms with Crippen molar-refractivity contribution in [1.29, 1.82) is 0 Å². The molecule has 3 aliphatic heterocycles. The SMILES string of the molecule is Nc1ncnc2c1ncn2[C@@H]1O[C@H](COP(=O)([O-])OP(=O)([O-])OC[C@H]2OC(Nc3nc4c(ncn4[C@H]4C[C@H](O)[C@@H](CO)O4)c(=O)[nH]3)[C@H](O)[C@@H]2O)[C@@H](O)[C@H]1O. The van der Waals surface area contributed by atoms with Crippen LogP contribution >= 0.6 is 15.6 Å². The van der Waals surface area contributed by atoms with Crippen LogP contribution in [-0.2, 0) is 36.7 Å². The highest BCUT2D eigenvalue weighted by Crippen LogP contribution is 2.56. The van der Waals surface area contributed by atoms with Gasteiger partial charge in [0.25, 0.3) is 21.2 Å². The van der Waals surface area contributed by atoms with Crippen LogP contribution in [0, 0.1) is 0 Å². The molecule has 296 valence electrons. The zero-order valence-electron chi connectivity index (χ0n) is 27.2.